The number of nitrogens with zero attached hydrogens (tertiary/aromatic N) is 2. The van der Waals surface area contributed by atoms with Gasteiger partial charge in [0, 0.05) is 32.0 Å². The molecule has 7 heteroatoms. The minimum Gasteiger partial charge on any atom is -0.441 e. The first-order valence-electron chi connectivity index (χ1n) is 11.8. The highest BCUT2D eigenvalue weighted by molar-refractivity contribution is 5.88. The molecule has 1 unspecified atom stereocenters. The maximum atomic E-state index is 14.1. The number of benzene rings is 3. The van der Waals surface area contributed by atoms with E-state index in [4.69, 9.17) is 4.42 Å². The Kier molecular flexibility index (Phi) is 7.90. The van der Waals surface area contributed by atoms with Crippen LogP contribution in [-0.2, 0) is 22.6 Å². The Morgan fingerprint density at radius 1 is 1.03 bits per heavy atom. The highest BCUT2D eigenvalue weighted by Crippen LogP contribution is 2.27. The second kappa shape index (κ2) is 11.4. The molecule has 0 aliphatic heterocycles. The zero-order valence-corrected chi connectivity index (χ0v) is 20.3. The van der Waals surface area contributed by atoms with E-state index in [2.05, 4.69) is 10.3 Å². The van der Waals surface area contributed by atoms with Crippen molar-refractivity contribution in [2.75, 3.05) is 5.32 Å². The van der Waals surface area contributed by atoms with Crippen LogP contribution in [0.3, 0.4) is 0 Å². The van der Waals surface area contributed by atoms with Gasteiger partial charge < -0.3 is 14.6 Å². The number of rotatable bonds is 9. The second-order valence-electron chi connectivity index (χ2n) is 8.59. The van der Waals surface area contributed by atoms with Gasteiger partial charge in [0.05, 0.1) is 17.8 Å². The van der Waals surface area contributed by atoms with E-state index in [1.807, 2.05) is 66.4 Å². The summed E-state index contributed by atoms with van der Waals surface area (Å²) < 4.78 is 19.8. The van der Waals surface area contributed by atoms with E-state index >= 15 is 0 Å². The largest absolute Gasteiger partial charge is 0.441 e. The average molecular weight is 486 g/mol. The highest BCUT2D eigenvalue weighted by atomic mass is 19.1. The number of halogens is 1. The first-order chi connectivity index (χ1) is 17.4. The Labute approximate surface area is 209 Å². The monoisotopic (exact) mass is 485 g/mol. The molecule has 0 spiro atoms. The number of amides is 2. The van der Waals surface area contributed by atoms with Crippen LogP contribution in [0.15, 0.2) is 89.5 Å². The zero-order valence-electron chi connectivity index (χ0n) is 20.3. The number of hydrogen-bond acceptors (Lipinski definition) is 4. The number of hydrogen-bond donors (Lipinski definition) is 1. The lowest BCUT2D eigenvalue weighted by molar-refractivity contribution is -0.134. The Balaban J connectivity index is 1.51. The molecule has 0 aliphatic rings. The quantitative estimate of drug-likeness (QED) is 0.308. The van der Waals surface area contributed by atoms with Gasteiger partial charge in [-0.05, 0) is 42.3 Å². The van der Waals surface area contributed by atoms with Crippen LogP contribution in [0, 0.1) is 5.82 Å². The number of carbonyl (C=O) groups is 2. The first-order valence-corrected chi connectivity index (χ1v) is 11.8. The lowest BCUT2D eigenvalue weighted by atomic mass is 10.0. The SMILES string of the molecule is CC(=O)Nc1cccc(C(C)N(Cc2ccccc2)C(=O)CCc2ncc(-c3ccccc3F)o2)c1. The summed E-state index contributed by atoms with van der Waals surface area (Å²) in [6.07, 6.45) is 1.95. The normalized spacial score (nSPS) is 11.6. The highest BCUT2D eigenvalue weighted by Gasteiger charge is 2.23. The van der Waals surface area contributed by atoms with Crippen LogP contribution in [-0.4, -0.2) is 21.7 Å². The van der Waals surface area contributed by atoms with Crippen molar-refractivity contribution in [3.05, 3.63) is 108 Å². The maximum Gasteiger partial charge on any atom is 0.223 e. The van der Waals surface area contributed by atoms with Crippen molar-refractivity contribution in [2.24, 2.45) is 0 Å². The van der Waals surface area contributed by atoms with E-state index < -0.39 is 0 Å². The van der Waals surface area contributed by atoms with Crippen LogP contribution in [0.2, 0.25) is 0 Å². The van der Waals surface area contributed by atoms with Crippen LogP contribution in [0.25, 0.3) is 11.3 Å². The molecule has 184 valence electrons. The molecule has 0 aliphatic carbocycles. The minimum absolute atomic E-state index is 0.0677. The lowest BCUT2D eigenvalue weighted by Crippen LogP contribution is -2.33. The molecule has 1 heterocycles. The third kappa shape index (κ3) is 6.24. The van der Waals surface area contributed by atoms with E-state index in [9.17, 15) is 14.0 Å². The molecule has 0 fully saturated rings. The molecule has 0 radical (unpaired) electrons. The van der Waals surface area contributed by atoms with Gasteiger partial charge in [0.2, 0.25) is 11.8 Å². The molecule has 1 N–H and O–H groups in total. The molecular weight excluding hydrogens is 457 g/mol. The fraction of sp³-hybridized carbons (Fsp3) is 0.207. The summed E-state index contributed by atoms with van der Waals surface area (Å²) in [4.78, 5) is 31.0. The fourth-order valence-electron chi connectivity index (χ4n) is 4.05. The summed E-state index contributed by atoms with van der Waals surface area (Å²) in [7, 11) is 0. The molecule has 4 rings (SSSR count). The Morgan fingerprint density at radius 3 is 2.53 bits per heavy atom. The molecular formula is C29H28FN3O3. The summed E-state index contributed by atoms with van der Waals surface area (Å²) in [5.74, 6) is 0.0988. The number of anilines is 1. The number of carbonyl (C=O) groups excluding carboxylic acids is 2. The molecule has 3 aromatic carbocycles. The zero-order chi connectivity index (χ0) is 25.5. The predicted molar refractivity (Wildman–Crippen MR) is 136 cm³/mol. The van der Waals surface area contributed by atoms with E-state index in [0.29, 0.717) is 29.4 Å². The standard InChI is InChI=1S/C29H28FN3O3/c1-20(23-11-8-12-24(17-23)32-21(2)34)33(19-22-9-4-3-5-10-22)29(35)16-15-28-31-18-27(36-28)25-13-6-7-14-26(25)30/h3-14,17-18,20H,15-16,19H2,1-2H3,(H,32,34). The van der Waals surface area contributed by atoms with Crippen LogP contribution >= 0.6 is 0 Å². The predicted octanol–water partition coefficient (Wildman–Crippen LogP) is 6.16. The molecule has 0 saturated heterocycles. The summed E-state index contributed by atoms with van der Waals surface area (Å²) >= 11 is 0. The number of nitrogens with one attached hydrogen (secondary N) is 1. The van der Waals surface area contributed by atoms with E-state index in [1.165, 1.54) is 19.2 Å². The third-order valence-corrected chi connectivity index (χ3v) is 5.92. The molecule has 1 aromatic heterocycles. The molecule has 0 bridgehead atoms. The molecule has 6 nitrogen and oxygen atoms in total. The van der Waals surface area contributed by atoms with Crippen molar-refractivity contribution in [3.63, 3.8) is 0 Å². The first kappa shape index (κ1) is 24.9. The number of oxazole rings is 1. The van der Waals surface area contributed by atoms with Gasteiger partial charge in [-0.2, -0.15) is 0 Å². The summed E-state index contributed by atoms with van der Waals surface area (Å²) in [5, 5.41) is 2.79. The number of aromatic nitrogens is 1. The van der Waals surface area contributed by atoms with Gasteiger partial charge in [0.1, 0.15) is 5.82 Å². The van der Waals surface area contributed by atoms with Gasteiger partial charge in [-0.1, -0.05) is 54.6 Å². The molecule has 1 atom stereocenters. The maximum absolute atomic E-state index is 14.1. The van der Waals surface area contributed by atoms with Crippen molar-refractivity contribution in [1.82, 2.24) is 9.88 Å². The van der Waals surface area contributed by atoms with Gasteiger partial charge in [0.25, 0.3) is 0 Å². The van der Waals surface area contributed by atoms with Crippen LogP contribution in [0.4, 0.5) is 10.1 Å². The smallest absolute Gasteiger partial charge is 0.223 e. The Bertz CT molecular complexity index is 1340. The topological polar surface area (TPSA) is 75.4 Å². The van der Waals surface area contributed by atoms with Gasteiger partial charge in [-0.3, -0.25) is 9.59 Å². The van der Waals surface area contributed by atoms with Crippen molar-refractivity contribution in [2.45, 2.75) is 39.3 Å². The summed E-state index contributed by atoms with van der Waals surface area (Å²) in [6, 6.07) is 23.4. The Hall–Kier alpha value is -4.26. The third-order valence-electron chi connectivity index (χ3n) is 5.92. The van der Waals surface area contributed by atoms with Crippen molar-refractivity contribution in [1.29, 1.82) is 0 Å². The van der Waals surface area contributed by atoms with Gasteiger partial charge in [0.15, 0.2) is 11.7 Å². The summed E-state index contributed by atoms with van der Waals surface area (Å²) in [5.41, 5.74) is 2.93. The number of aryl methyl sites for hydroxylation is 1. The van der Waals surface area contributed by atoms with Gasteiger partial charge in [-0.25, -0.2) is 9.37 Å². The Morgan fingerprint density at radius 2 is 1.78 bits per heavy atom. The molecule has 36 heavy (non-hydrogen) atoms. The molecule has 4 aromatic rings. The van der Waals surface area contributed by atoms with Crippen molar-refractivity contribution in [3.8, 4) is 11.3 Å². The molecule has 0 saturated carbocycles. The average Bonchev–Trinajstić information content (AvgIpc) is 3.35. The van der Waals surface area contributed by atoms with Crippen LogP contribution in [0.5, 0.6) is 0 Å². The lowest BCUT2D eigenvalue weighted by Gasteiger charge is -2.30. The minimum atomic E-state index is -0.388. The second-order valence-corrected chi connectivity index (χ2v) is 8.59. The van der Waals surface area contributed by atoms with Crippen molar-refractivity contribution < 1.29 is 18.4 Å². The van der Waals surface area contributed by atoms with E-state index in [0.717, 1.165) is 11.1 Å². The van der Waals surface area contributed by atoms with Gasteiger partial charge in [-0.15, -0.1) is 0 Å². The van der Waals surface area contributed by atoms with Crippen LogP contribution in [0.1, 0.15) is 43.3 Å². The fourth-order valence-corrected chi connectivity index (χ4v) is 4.05. The van der Waals surface area contributed by atoms with E-state index in [1.54, 1.807) is 18.2 Å². The summed E-state index contributed by atoms with van der Waals surface area (Å²) in [6.45, 7) is 3.86. The van der Waals surface area contributed by atoms with Crippen molar-refractivity contribution >= 4 is 17.5 Å². The molecule has 2 amide bonds. The van der Waals surface area contributed by atoms with E-state index in [-0.39, 0.29) is 36.5 Å². The van der Waals surface area contributed by atoms with Crippen LogP contribution < -0.4 is 5.32 Å². The van der Waals surface area contributed by atoms with Gasteiger partial charge >= 0.3 is 0 Å².